The zero-order valence-corrected chi connectivity index (χ0v) is 23.4. The van der Waals surface area contributed by atoms with Crippen molar-refractivity contribution < 1.29 is 24.0 Å². The Morgan fingerprint density at radius 3 is 2.56 bits per heavy atom. The standard InChI is InChI=1S/C30H36N6O5/c1-17(2)36(24-11-12-32-15-23(24)27(31)38)21-6-4-19(5-7-21)28(39)33-14-18-3-8-22-20(13-18)16-35(30(22)41)25-9-10-26(37)34-29(25)40/h3,8,11-13,15,17,19,21,25H,4-7,9-10,14,16H2,1-2H3,(H2,31,38)(H,33,39)(H,34,37,40). The van der Waals surface area contributed by atoms with Crippen molar-refractivity contribution in [2.45, 2.75) is 83.6 Å². The van der Waals surface area contributed by atoms with Gasteiger partial charge in [0.2, 0.25) is 17.7 Å². The third-order valence-electron chi connectivity index (χ3n) is 8.41. The van der Waals surface area contributed by atoms with Crippen LogP contribution in [0.25, 0.3) is 0 Å². The Bertz CT molecular complexity index is 1380. The van der Waals surface area contributed by atoms with Crippen LogP contribution in [-0.2, 0) is 27.5 Å². The summed E-state index contributed by atoms with van der Waals surface area (Å²) in [6.07, 6.45) is 6.79. The van der Waals surface area contributed by atoms with Gasteiger partial charge in [-0.1, -0.05) is 12.1 Å². The first-order valence-corrected chi connectivity index (χ1v) is 14.2. The molecule has 1 aromatic carbocycles. The second-order valence-electron chi connectivity index (χ2n) is 11.4. The maximum atomic E-state index is 13.1. The molecule has 4 N–H and O–H groups in total. The summed E-state index contributed by atoms with van der Waals surface area (Å²) in [7, 11) is 0. The molecule has 11 nitrogen and oxygen atoms in total. The molecule has 5 amide bonds. The molecule has 1 aromatic heterocycles. The zero-order chi connectivity index (χ0) is 29.3. The molecule has 11 heteroatoms. The summed E-state index contributed by atoms with van der Waals surface area (Å²) < 4.78 is 0. The van der Waals surface area contributed by atoms with Crippen molar-refractivity contribution in [3.8, 4) is 0 Å². The first-order valence-electron chi connectivity index (χ1n) is 14.2. The summed E-state index contributed by atoms with van der Waals surface area (Å²) in [5.41, 5.74) is 9.03. The van der Waals surface area contributed by atoms with E-state index in [0.29, 0.717) is 30.6 Å². The van der Waals surface area contributed by atoms with Crippen LogP contribution >= 0.6 is 0 Å². The number of nitrogens with one attached hydrogen (secondary N) is 2. The molecule has 0 spiro atoms. The van der Waals surface area contributed by atoms with Gasteiger partial charge in [0.05, 0.1) is 11.3 Å². The van der Waals surface area contributed by atoms with Gasteiger partial charge < -0.3 is 20.9 Å². The number of hydrogen-bond acceptors (Lipinski definition) is 7. The third kappa shape index (κ3) is 5.79. The van der Waals surface area contributed by atoms with Crippen LogP contribution in [0.2, 0.25) is 0 Å². The second-order valence-corrected chi connectivity index (χ2v) is 11.4. The van der Waals surface area contributed by atoms with Gasteiger partial charge in [-0.25, -0.2) is 0 Å². The molecule has 2 aliphatic heterocycles. The van der Waals surface area contributed by atoms with Crippen LogP contribution in [0.4, 0.5) is 5.69 Å². The molecule has 1 aliphatic carbocycles. The number of pyridine rings is 1. The van der Waals surface area contributed by atoms with Crippen molar-refractivity contribution in [1.29, 1.82) is 0 Å². The van der Waals surface area contributed by atoms with Crippen LogP contribution in [0.15, 0.2) is 36.7 Å². The molecule has 2 aromatic rings. The predicted molar refractivity (Wildman–Crippen MR) is 150 cm³/mol. The van der Waals surface area contributed by atoms with E-state index in [0.717, 1.165) is 42.5 Å². The molecule has 1 unspecified atom stereocenters. The number of hydrogen-bond donors (Lipinski definition) is 3. The van der Waals surface area contributed by atoms with E-state index in [1.807, 2.05) is 18.2 Å². The molecule has 41 heavy (non-hydrogen) atoms. The van der Waals surface area contributed by atoms with E-state index in [1.165, 1.54) is 11.1 Å². The van der Waals surface area contributed by atoms with E-state index in [-0.39, 0.29) is 42.1 Å². The summed E-state index contributed by atoms with van der Waals surface area (Å²) in [6.45, 7) is 4.81. The van der Waals surface area contributed by atoms with Crippen LogP contribution < -0.4 is 21.3 Å². The van der Waals surface area contributed by atoms with Gasteiger partial charge in [-0.2, -0.15) is 0 Å². The lowest BCUT2D eigenvalue weighted by Crippen LogP contribution is -2.52. The summed E-state index contributed by atoms with van der Waals surface area (Å²) in [5.74, 6) is -1.57. The quantitative estimate of drug-likeness (QED) is 0.417. The minimum atomic E-state index is -0.654. The second kappa shape index (κ2) is 11.7. The number of carbonyl (C=O) groups excluding carboxylic acids is 5. The predicted octanol–water partition coefficient (Wildman–Crippen LogP) is 2.03. The number of imide groups is 1. The van der Waals surface area contributed by atoms with Crippen molar-refractivity contribution >= 4 is 35.2 Å². The van der Waals surface area contributed by atoms with E-state index in [2.05, 4.69) is 34.4 Å². The summed E-state index contributed by atoms with van der Waals surface area (Å²) >= 11 is 0. The summed E-state index contributed by atoms with van der Waals surface area (Å²) in [5, 5.41) is 5.37. The Hall–Kier alpha value is -4.28. The van der Waals surface area contributed by atoms with E-state index in [4.69, 9.17) is 5.73 Å². The number of aromatic nitrogens is 1. The fourth-order valence-electron chi connectivity index (χ4n) is 6.39. The number of nitrogens with two attached hydrogens (primary N) is 1. The molecule has 3 aliphatic rings. The average molecular weight is 561 g/mol. The Morgan fingerprint density at radius 2 is 1.88 bits per heavy atom. The highest BCUT2D eigenvalue weighted by atomic mass is 16.2. The van der Waals surface area contributed by atoms with Crippen molar-refractivity contribution in [2.75, 3.05) is 4.90 Å². The van der Waals surface area contributed by atoms with Gasteiger partial charge in [0.1, 0.15) is 6.04 Å². The van der Waals surface area contributed by atoms with Gasteiger partial charge in [0, 0.05) is 55.5 Å². The molecule has 1 atom stereocenters. The van der Waals surface area contributed by atoms with Crippen molar-refractivity contribution in [3.63, 3.8) is 0 Å². The molecular weight excluding hydrogens is 524 g/mol. The Labute approximate surface area is 238 Å². The maximum absolute atomic E-state index is 13.1. The first-order chi connectivity index (χ1) is 19.6. The molecule has 3 heterocycles. The van der Waals surface area contributed by atoms with Gasteiger partial charge in [0.15, 0.2) is 0 Å². The number of carbonyl (C=O) groups is 5. The van der Waals surface area contributed by atoms with E-state index < -0.39 is 17.9 Å². The van der Waals surface area contributed by atoms with Crippen LogP contribution in [-0.4, -0.2) is 57.5 Å². The van der Waals surface area contributed by atoms with Crippen molar-refractivity contribution in [1.82, 2.24) is 20.5 Å². The number of amides is 5. The van der Waals surface area contributed by atoms with E-state index >= 15 is 0 Å². The monoisotopic (exact) mass is 560 g/mol. The van der Waals surface area contributed by atoms with E-state index in [9.17, 15) is 24.0 Å². The zero-order valence-electron chi connectivity index (χ0n) is 23.4. The molecule has 0 bridgehead atoms. The molecule has 5 rings (SSSR count). The highest BCUT2D eigenvalue weighted by molar-refractivity contribution is 6.05. The minimum Gasteiger partial charge on any atom is -0.365 e. The number of rotatable bonds is 8. The number of fused-ring (bicyclic) bond motifs is 1. The van der Waals surface area contributed by atoms with E-state index in [1.54, 1.807) is 12.3 Å². The van der Waals surface area contributed by atoms with Crippen LogP contribution in [0.5, 0.6) is 0 Å². The van der Waals surface area contributed by atoms with Gasteiger partial charge in [-0.05, 0) is 69.2 Å². The number of benzene rings is 1. The Morgan fingerprint density at radius 1 is 1.12 bits per heavy atom. The number of piperidine rings is 1. The van der Waals surface area contributed by atoms with Crippen LogP contribution in [0, 0.1) is 5.92 Å². The molecule has 1 saturated heterocycles. The minimum absolute atomic E-state index is 0.00280. The first kappa shape index (κ1) is 28.3. The van der Waals surface area contributed by atoms with Crippen molar-refractivity contribution in [3.05, 3.63) is 58.9 Å². The fraction of sp³-hybridized carbons (Fsp3) is 0.467. The van der Waals surface area contributed by atoms with Crippen LogP contribution in [0.3, 0.4) is 0 Å². The SMILES string of the molecule is CC(C)N(c1ccncc1C(N)=O)C1CCC(C(=O)NCc2ccc3c(c2)CN(C2CCC(=O)NC2=O)C3=O)CC1. The highest BCUT2D eigenvalue weighted by Crippen LogP contribution is 2.34. The van der Waals surface area contributed by atoms with Gasteiger partial charge in [0.25, 0.3) is 11.8 Å². The lowest BCUT2D eigenvalue weighted by molar-refractivity contribution is -0.137. The average Bonchev–Trinajstić information content (AvgIpc) is 3.27. The number of nitrogens with zero attached hydrogens (tertiary/aromatic N) is 3. The smallest absolute Gasteiger partial charge is 0.255 e. The summed E-state index contributed by atoms with van der Waals surface area (Å²) in [4.78, 5) is 69.6. The lowest BCUT2D eigenvalue weighted by atomic mass is 9.84. The fourth-order valence-corrected chi connectivity index (χ4v) is 6.39. The summed E-state index contributed by atoms with van der Waals surface area (Å²) in [6, 6.07) is 6.97. The molecular formula is C30H36N6O5. The highest BCUT2D eigenvalue weighted by Gasteiger charge is 2.39. The van der Waals surface area contributed by atoms with Gasteiger partial charge in [-0.3, -0.25) is 34.3 Å². The topological polar surface area (TPSA) is 155 Å². The number of anilines is 1. The number of primary amides is 1. The van der Waals surface area contributed by atoms with Gasteiger partial charge >= 0.3 is 0 Å². The van der Waals surface area contributed by atoms with Crippen LogP contribution in [0.1, 0.15) is 84.2 Å². The Balaban J connectivity index is 1.16. The molecule has 2 fully saturated rings. The largest absolute Gasteiger partial charge is 0.365 e. The normalized spacial score (nSPS) is 22.4. The maximum Gasteiger partial charge on any atom is 0.255 e. The third-order valence-corrected chi connectivity index (χ3v) is 8.41. The Kier molecular flexibility index (Phi) is 8.05. The lowest BCUT2D eigenvalue weighted by Gasteiger charge is -2.41. The van der Waals surface area contributed by atoms with Crippen molar-refractivity contribution in [2.24, 2.45) is 11.7 Å². The molecule has 0 radical (unpaired) electrons. The molecule has 1 saturated carbocycles. The van der Waals surface area contributed by atoms with Gasteiger partial charge in [-0.15, -0.1) is 0 Å². The molecule has 216 valence electrons.